The van der Waals surface area contributed by atoms with Gasteiger partial charge in [0.25, 0.3) is 0 Å². The van der Waals surface area contributed by atoms with Gasteiger partial charge in [0.1, 0.15) is 11.7 Å². The van der Waals surface area contributed by atoms with Crippen molar-refractivity contribution >= 4 is 17.3 Å². The van der Waals surface area contributed by atoms with E-state index in [1.54, 1.807) is 13.8 Å². The quantitative estimate of drug-likeness (QED) is 0.313. The number of aliphatic hydroxyl groups excluding tert-OH is 1. The zero-order valence-corrected chi connectivity index (χ0v) is 22.4. The molecule has 0 radical (unpaired) electrons. The van der Waals surface area contributed by atoms with Gasteiger partial charge in [0.2, 0.25) is 0 Å². The fourth-order valence-corrected chi connectivity index (χ4v) is 5.37. The van der Waals surface area contributed by atoms with Crippen LogP contribution in [-0.4, -0.2) is 37.4 Å². The van der Waals surface area contributed by atoms with Gasteiger partial charge in [-0.15, -0.1) is 0 Å². The maximum absolute atomic E-state index is 12.6. The van der Waals surface area contributed by atoms with Crippen molar-refractivity contribution in [2.45, 2.75) is 65.6 Å². The van der Waals surface area contributed by atoms with E-state index in [4.69, 9.17) is 9.26 Å². The largest absolute Gasteiger partial charge is 0.465 e. The summed E-state index contributed by atoms with van der Waals surface area (Å²) in [5.74, 6) is -0.436. The van der Waals surface area contributed by atoms with Crippen LogP contribution in [0.25, 0.3) is 0 Å². The lowest BCUT2D eigenvalue weighted by Crippen LogP contribution is -2.20. The number of esters is 1. The van der Waals surface area contributed by atoms with Crippen LogP contribution in [0.2, 0.25) is 0 Å². The Labute approximate surface area is 226 Å². The van der Waals surface area contributed by atoms with Crippen molar-refractivity contribution in [1.82, 2.24) is 19.7 Å². The number of carbonyl (C=O) groups excluding carboxylic acids is 1. The summed E-state index contributed by atoms with van der Waals surface area (Å²) in [6.45, 7) is 6.56. The van der Waals surface area contributed by atoms with E-state index < -0.39 is 11.7 Å². The van der Waals surface area contributed by atoms with Gasteiger partial charge in [-0.05, 0) is 61.9 Å². The summed E-state index contributed by atoms with van der Waals surface area (Å²) in [5.41, 5.74) is 7.02. The fourth-order valence-electron chi connectivity index (χ4n) is 5.37. The third kappa shape index (κ3) is 5.24. The minimum absolute atomic E-state index is 0.194. The number of para-hydroxylation sites is 1. The molecule has 2 aromatic carbocycles. The smallest absolute Gasteiger partial charge is 0.438 e. The zero-order chi connectivity index (χ0) is 27.5. The molecule has 204 valence electrons. The van der Waals surface area contributed by atoms with Crippen LogP contribution in [0.3, 0.4) is 0 Å². The molecule has 0 saturated heterocycles. The molecule has 1 unspecified atom stereocenters. The predicted octanol–water partition coefficient (Wildman–Crippen LogP) is 3.77. The first-order chi connectivity index (χ1) is 18.9. The molecule has 5 rings (SSSR count). The van der Waals surface area contributed by atoms with E-state index in [1.165, 1.54) is 5.56 Å². The number of nitrogens with zero attached hydrogens (tertiary/aromatic N) is 4. The van der Waals surface area contributed by atoms with Crippen molar-refractivity contribution in [2.75, 3.05) is 11.5 Å². The molecule has 1 aliphatic heterocycles. The highest BCUT2D eigenvalue weighted by molar-refractivity contribution is 5.76. The number of aliphatic hydroxyl groups is 1. The minimum Gasteiger partial charge on any atom is -0.465 e. The maximum atomic E-state index is 12.6. The van der Waals surface area contributed by atoms with E-state index in [2.05, 4.69) is 50.4 Å². The van der Waals surface area contributed by atoms with Crippen LogP contribution in [0, 0.1) is 0 Å². The number of fused-ring (bicyclic) bond motifs is 2. The second-order valence-corrected chi connectivity index (χ2v) is 9.65. The number of ether oxygens (including phenoxy) is 1. The lowest BCUT2D eigenvalue weighted by molar-refractivity contribution is -0.144. The maximum Gasteiger partial charge on any atom is 0.438 e. The van der Waals surface area contributed by atoms with Crippen molar-refractivity contribution in [3.63, 3.8) is 0 Å². The molecule has 10 heteroatoms. The number of rotatable bonds is 9. The number of benzene rings is 2. The monoisotopic (exact) mass is 531 g/mol. The van der Waals surface area contributed by atoms with Crippen LogP contribution in [0.15, 0.2) is 51.8 Å². The lowest BCUT2D eigenvalue weighted by Gasteiger charge is -2.26. The van der Waals surface area contributed by atoms with Gasteiger partial charge >= 0.3 is 11.7 Å². The Bertz CT molecular complexity index is 1540. The normalized spacial score (nSPS) is 13.5. The highest BCUT2D eigenvalue weighted by atomic mass is 16.5. The number of anilines is 2. The molecular formula is C29H33N5O5. The SMILES string of the molecule is CCOC(=O)C(C)c1nc(CO)c(CC)n1Cc1ccc2c(c1)CCc1ccccc1N2Cc1noc(=O)[nH]1. The molecule has 0 bridgehead atoms. The number of H-pyrrole nitrogens is 1. The Balaban J connectivity index is 1.53. The topological polar surface area (TPSA) is 126 Å². The summed E-state index contributed by atoms with van der Waals surface area (Å²) in [5, 5.41) is 13.9. The predicted molar refractivity (Wildman–Crippen MR) is 145 cm³/mol. The number of aromatic nitrogens is 4. The molecule has 2 N–H and O–H groups in total. The minimum atomic E-state index is -0.578. The van der Waals surface area contributed by atoms with E-state index in [1.807, 2.05) is 23.6 Å². The molecule has 0 amide bonds. The molecule has 39 heavy (non-hydrogen) atoms. The number of hydrogen-bond donors (Lipinski definition) is 2. The zero-order valence-electron chi connectivity index (χ0n) is 22.4. The van der Waals surface area contributed by atoms with E-state index in [-0.39, 0.29) is 12.6 Å². The number of nitrogens with one attached hydrogen (secondary N) is 1. The molecule has 0 fully saturated rings. The molecule has 3 heterocycles. The number of carbonyl (C=O) groups is 1. The second-order valence-electron chi connectivity index (χ2n) is 9.65. The average molecular weight is 532 g/mol. The first kappa shape index (κ1) is 26.4. The third-order valence-electron chi connectivity index (χ3n) is 7.21. The molecule has 0 saturated carbocycles. The Hall–Kier alpha value is -4.18. The molecule has 1 atom stereocenters. The van der Waals surface area contributed by atoms with Crippen LogP contribution in [-0.2, 0) is 48.5 Å². The summed E-state index contributed by atoms with van der Waals surface area (Å²) in [4.78, 5) is 33.6. The second kappa shape index (κ2) is 11.3. The fraction of sp³-hybridized carbons (Fsp3) is 0.379. The Morgan fingerprint density at radius 3 is 2.62 bits per heavy atom. The van der Waals surface area contributed by atoms with E-state index in [0.717, 1.165) is 41.0 Å². The molecule has 1 aliphatic rings. The Kier molecular flexibility index (Phi) is 7.65. The van der Waals surface area contributed by atoms with Gasteiger partial charge in [0, 0.05) is 23.6 Å². The van der Waals surface area contributed by atoms with Crippen LogP contribution in [0.1, 0.15) is 66.4 Å². The number of hydrogen-bond acceptors (Lipinski definition) is 8. The molecule has 0 spiro atoms. The highest BCUT2D eigenvalue weighted by Crippen LogP contribution is 2.37. The summed E-state index contributed by atoms with van der Waals surface area (Å²) in [6, 6.07) is 14.6. The van der Waals surface area contributed by atoms with Crippen molar-refractivity contribution < 1.29 is 19.2 Å². The van der Waals surface area contributed by atoms with Gasteiger partial charge in [0.05, 0.1) is 25.5 Å². The van der Waals surface area contributed by atoms with Gasteiger partial charge in [-0.25, -0.2) is 9.78 Å². The standard InChI is InChI=1S/C29H33N5O5/c1-4-23-22(17-35)30-27(18(3)28(36)38-5-2)34(23)15-19-10-13-25-21(14-19)12-11-20-8-6-7-9-24(20)33(25)16-26-31-29(37)39-32-26/h6-10,13-14,18,35H,4-5,11-12,15-17H2,1-3H3,(H,31,32,37). The highest BCUT2D eigenvalue weighted by Gasteiger charge is 2.27. The van der Waals surface area contributed by atoms with Gasteiger partial charge in [-0.2, -0.15) is 0 Å². The number of aromatic amines is 1. The molecule has 4 aromatic rings. The molecule has 10 nitrogen and oxygen atoms in total. The summed E-state index contributed by atoms with van der Waals surface area (Å²) in [7, 11) is 0. The van der Waals surface area contributed by atoms with Crippen LogP contribution in [0.4, 0.5) is 11.4 Å². The van der Waals surface area contributed by atoms with E-state index in [9.17, 15) is 14.7 Å². The number of aryl methyl sites for hydroxylation is 2. The molecule has 2 aromatic heterocycles. The van der Waals surface area contributed by atoms with Crippen molar-refractivity contribution in [3.8, 4) is 0 Å². The van der Waals surface area contributed by atoms with Crippen molar-refractivity contribution in [2.24, 2.45) is 0 Å². The lowest BCUT2D eigenvalue weighted by atomic mass is 10.0. The van der Waals surface area contributed by atoms with E-state index >= 15 is 0 Å². The van der Waals surface area contributed by atoms with Crippen LogP contribution >= 0.6 is 0 Å². The molecular weight excluding hydrogens is 498 g/mol. The summed E-state index contributed by atoms with van der Waals surface area (Å²) >= 11 is 0. The first-order valence-electron chi connectivity index (χ1n) is 13.3. The Morgan fingerprint density at radius 1 is 1.13 bits per heavy atom. The van der Waals surface area contributed by atoms with Gasteiger partial charge in [-0.1, -0.05) is 42.4 Å². The third-order valence-corrected chi connectivity index (χ3v) is 7.21. The first-order valence-corrected chi connectivity index (χ1v) is 13.3. The van der Waals surface area contributed by atoms with E-state index in [0.29, 0.717) is 43.5 Å². The summed E-state index contributed by atoms with van der Waals surface area (Å²) < 4.78 is 12.1. The van der Waals surface area contributed by atoms with Gasteiger partial charge in [-0.3, -0.25) is 14.3 Å². The molecule has 0 aliphatic carbocycles. The number of imidazole rings is 1. The van der Waals surface area contributed by atoms with Gasteiger partial charge in [0.15, 0.2) is 5.82 Å². The van der Waals surface area contributed by atoms with Crippen molar-refractivity contribution in [1.29, 1.82) is 0 Å². The van der Waals surface area contributed by atoms with Crippen LogP contribution in [0.5, 0.6) is 0 Å². The average Bonchev–Trinajstić information content (AvgIpc) is 3.48. The summed E-state index contributed by atoms with van der Waals surface area (Å²) in [6.07, 6.45) is 2.37. The van der Waals surface area contributed by atoms with Crippen molar-refractivity contribution in [3.05, 3.63) is 92.7 Å². The van der Waals surface area contributed by atoms with Gasteiger partial charge < -0.3 is 19.3 Å². The van der Waals surface area contributed by atoms with Crippen LogP contribution < -0.4 is 10.7 Å². The Morgan fingerprint density at radius 2 is 1.90 bits per heavy atom.